The molecular weight excluding hydrogens is 454 g/mol. The van der Waals surface area contributed by atoms with E-state index in [1.165, 1.54) is 0 Å². The zero-order valence-corrected chi connectivity index (χ0v) is 20.4. The van der Waals surface area contributed by atoms with Crippen molar-refractivity contribution in [3.63, 3.8) is 0 Å². The fourth-order valence-electron chi connectivity index (χ4n) is 4.93. The molecule has 1 fully saturated rings. The number of carbonyl (C=O) groups is 2. The summed E-state index contributed by atoms with van der Waals surface area (Å²) in [4.78, 5) is 27.6. The maximum absolute atomic E-state index is 12.8. The molecule has 1 aliphatic rings. The molecule has 0 aromatic heterocycles. The Hall–Kier alpha value is -3.48. The summed E-state index contributed by atoms with van der Waals surface area (Å²) in [5.74, 6) is -0.572. The Morgan fingerprint density at radius 2 is 1.14 bits per heavy atom. The van der Waals surface area contributed by atoms with Crippen LogP contribution >= 0.6 is 0 Å². The van der Waals surface area contributed by atoms with Gasteiger partial charge in [-0.05, 0) is 29.5 Å². The first-order valence-corrected chi connectivity index (χ1v) is 12.5. The van der Waals surface area contributed by atoms with Gasteiger partial charge in [0.15, 0.2) is 0 Å². The number of nitrogens with zero attached hydrogens (tertiary/aromatic N) is 1. The van der Waals surface area contributed by atoms with Crippen LogP contribution in [0.5, 0.6) is 0 Å². The Bertz CT molecular complexity index is 1020. The van der Waals surface area contributed by atoms with Gasteiger partial charge in [0.25, 0.3) is 0 Å². The molecule has 0 bridgehead atoms. The lowest BCUT2D eigenvalue weighted by Gasteiger charge is -2.36. The molecule has 4 rings (SSSR count). The van der Waals surface area contributed by atoms with Crippen LogP contribution in [0.2, 0.25) is 0 Å². The molecule has 3 aromatic rings. The Morgan fingerprint density at radius 3 is 1.56 bits per heavy atom. The van der Waals surface area contributed by atoms with Gasteiger partial charge in [-0.3, -0.25) is 14.5 Å². The number of aliphatic hydroxyl groups excluding tert-OH is 1. The number of hydrogen-bond donors (Lipinski definition) is 1. The summed E-state index contributed by atoms with van der Waals surface area (Å²) >= 11 is 0. The van der Waals surface area contributed by atoms with Crippen LogP contribution < -0.4 is 0 Å². The minimum Gasteiger partial charge on any atom is -0.461 e. The monoisotopic (exact) mass is 487 g/mol. The molecule has 3 atom stereocenters. The van der Waals surface area contributed by atoms with Gasteiger partial charge in [-0.15, -0.1) is 0 Å². The van der Waals surface area contributed by atoms with Gasteiger partial charge in [0, 0.05) is 12.1 Å². The maximum atomic E-state index is 12.8. The van der Waals surface area contributed by atoms with Crippen molar-refractivity contribution >= 4 is 11.9 Å². The number of hydrogen-bond acceptors (Lipinski definition) is 6. The van der Waals surface area contributed by atoms with Crippen LogP contribution in [-0.4, -0.2) is 40.6 Å². The van der Waals surface area contributed by atoms with Crippen LogP contribution in [-0.2, 0) is 32.3 Å². The summed E-state index contributed by atoms with van der Waals surface area (Å²) in [6.45, 7) is 0.336. The zero-order valence-electron chi connectivity index (χ0n) is 20.4. The molecule has 188 valence electrons. The van der Waals surface area contributed by atoms with Crippen LogP contribution in [0.25, 0.3) is 0 Å². The van der Waals surface area contributed by atoms with E-state index < -0.39 is 0 Å². The topological polar surface area (TPSA) is 76.1 Å². The first-order valence-electron chi connectivity index (χ1n) is 12.5. The first kappa shape index (κ1) is 25.6. The fraction of sp³-hybridized carbons (Fsp3) is 0.333. The molecule has 1 N–H and O–H groups in total. The molecule has 0 saturated carbocycles. The molecule has 6 nitrogen and oxygen atoms in total. The highest BCUT2D eigenvalue weighted by molar-refractivity contribution is 5.71. The van der Waals surface area contributed by atoms with Crippen molar-refractivity contribution in [1.82, 2.24) is 4.90 Å². The molecule has 1 saturated heterocycles. The van der Waals surface area contributed by atoms with Gasteiger partial charge in [0.1, 0.15) is 13.2 Å². The molecule has 6 heteroatoms. The third kappa shape index (κ3) is 7.03. The second-order valence-electron chi connectivity index (χ2n) is 9.14. The van der Waals surface area contributed by atoms with E-state index in [0.29, 0.717) is 0 Å². The van der Waals surface area contributed by atoms with Crippen LogP contribution in [0.3, 0.4) is 0 Å². The number of esters is 2. The number of aliphatic hydroxyl groups is 1. The minimum absolute atomic E-state index is 0.116. The standard InChI is InChI=1S/C30H33NO5/c32-20-28(25-14-8-3-9-15-25)31-26(18-29(33)35-21-23-10-4-1-5-11-23)16-17-27(31)19-30(34)36-22-24-12-6-2-7-13-24/h1-15,26-28,32H,16-22H2/t26-,27+,28-/m0/s1. The summed E-state index contributed by atoms with van der Waals surface area (Å²) in [5, 5.41) is 10.4. The Kier molecular flexibility index (Phi) is 9.25. The molecular formula is C30H33NO5. The van der Waals surface area contributed by atoms with E-state index in [4.69, 9.17) is 9.47 Å². The van der Waals surface area contributed by atoms with E-state index >= 15 is 0 Å². The SMILES string of the molecule is O=C(C[C@H]1CC[C@@H](CC(=O)OCc2ccccc2)N1[C@@H](CO)c1ccccc1)OCc1ccccc1. The van der Waals surface area contributed by atoms with Crippen molar-refractivity contribution in [2.75, 3.05) is 6.61 Å². The quantitative estimate of drug-likeness (QED) is 0.391. The van der Waals surface area contributed by atoms with Crippen molar-refractivity contribution in [2.45, 2.75) is 57.0 Å². The van der Waals surface area contributed by atoms with Gasteiger partial charge in [-0.1, -0.05) is 91.0 Å². The number of benzene rings is 3. The Morgan fingerprint density at radius 1 is 0.722 bits per heavy atom. The average Bonchev–Trinajstić information content (AvgIpc) is 3.30. The molecule has 0 unspecified atom stereocenters. The second kappa shape index (κ2) is 13.0. The number of likely N-dealkylation sites (tertiary alicyclic amines) is 1. The predicted molar refractivity (Wildman–Crippen MR) is 137 cm³/mol. The van der Waals surface area contributed by atoms with Crippen molar-refractivity contribution in [3.8, 4) is 0 Å². The molecule has 3 aromatic carbocycles. The van der Waals surface area contributed by atoms with E-state index in [0.717, 1.165) is 29.5 Å². The summed E-state index contributed by atoms with van der Waals surface area (Å²) in [7, 11) is 0. The van der Waals surface area contributed by atoms with Crippen molar-refractivity contribution < 1.29 is 24.2 Å². The third-order valence-electron chi connectivity index (χ3n) is 6.68. The lowest BCUT2D eigenvalue weighted by atomic mass is 10.0. The molecule has 1 aliphatic heterocycles. The lowest BCUT2D eigenvalue weighted by Crippen LogP contribution is -2.43. The van der Waals surface area contributed by atoms with Crippen LogP contribution in [0.15, 0.2) is 91.0 Å². The normalized spacial score (nSPS) is 18.5. The van der Waals surface area contributed by atoms with E-state index in [-0.39, 0.29) is 62.7 Å². The van der Waals surface area contributed by atoms with Gasteiger partial charge in [0.2, 0.25) is 0 Å². The number of ether oxygens (including phenoxy) is 2. The average molecular weight is 488 g/mol. The lowest BCUT2D eigenvalue weighted by molar-refractivity contribution is -0.147. The van der Waals surface area contributed by atoms with Gasteiger partial charge in [-0.2, -0.15) is 0 Å². The minimum atomic E-state index is -0.326. The fourth-order valence-corrected chi connectivity index (χ4v) is 4.93. The van der Waals surface area contributed by atoms with Crippen molar-refractivity contribution in [3.05, 3.63) is 108 Å². The van der Waals surface area contributed by atoms with Crippen LogP contribution in [0, 0.1) is 0 Å². The van der Waals surface area contributed by atoms with E-state index in [2.05, 4.69) is 4.90 Å². The van der Waals surface area contributed by atoms with Gasteiger partial charge in [-0.25, -0.2) is 0 Å². The molecule has 0 radical (unpaired) electrons. The Balaban J connectivity index is 1.43. The van der Waals surface area contributed by atoms with E-state index in [1.807, 2.05) is 91.0 Å². The summed E-state index contributed by atoms with van der Waals surface area (Å²) in [6, 6.07) is 28.3. The number of carbonyl (C=O) groups excluding carboxylic acids is 2. The molecule has 0 spiro atoms. The molecule has 0 amide bonds. The van der Waals surface area contributed by atoms with E-state index in [1.54, 1.807) is 0 Å². The highest BCUT2D eigenvalue weighted by Crippen LogP contribution is 2.37. The van der Waals surface area contributed by atoms with Gasteiger partial charge >= 0.3 is 11.9 Å². The maximum Gasteiger partial charge on any atom is 0.307 e. The van der Waals surface area contributed by atoms with Crippen LogP contribution in [0.1, 0.15) is 48.4 Å². The smallest absolute Gasteiger partial charge is 0.307 e. The summed E-state index contributed by atoms with van der Waals surface area (Å²) in [6.07, 6.45) is 1.87. The first-order chi connectivity index (χ1) is 17.6. The Labute approximate surface area is 212 Å². The number of rotatable bonds is 11. The molecule has 1 heterocycles. The van der Waals surface area contributed by atoms with E-state index in [9.17, 15) is 14.7 Å². The summed E-state index contributed by atoms with van der Waals surface area (Å²) < 4.78 is 11.1. The predicted octanol–water partition coefficient (Wildman–Crippen LogP) is 4.82. The molecule has 0 aliphatic carbocycles. The largest absolute Gasteiger partial charge is 0.461 e. The van der Waals surface area contributed by atoms with Crippen molar-refractivity contribution in [2.24, 2.45) is 0 Å². The highest BCUT2D eigenvalue weighted by Gasteiger charge is 2.40. The summed E-state index contributed by atoms with van der Waals surface area (Å²) in [5.41, 5.74) is 2.82. The highest BCUT2D eigenvalue weighted by atomic mass is 16.5. The zero-order chi connectivity index (χ0) is 25.2. The second-order valence-corrected chi connectivity index (χ2v) is 9.14. The van der Waals surface area contributed by atoms with Crippen LogP contribution in [0.4, 0.5) is 0 Å². The van der Waals surface area contributed by atoms with Crippen molar-refractivity contribution in [1.29, 1.82) is 0 Å². The van der Waals surface area contributed by atoms with Gasteiger partial charge in [0.05, 0.1) is 25.5 Å². The molecule has 36 heavy (non-hydrogen) atoms. The third-order valence-corrected chi connectivity index (χ3v) is 6.68. The van der Waals surface area contributed by atoms with Gasteiger partial charge < -0.3 is 14.6 Å².